The molecule has 0 aliphatic carbocycles. The molecule has 0 spiro atoms. The normalized spacial score (nSPS) is 24.6. The van der Waals surface area contributed by atoms with Crippen LogP contribution in [0.15, 0.2) is 0 Å². The van der Waals surface area contributed by atoms with Gasteiger partial charge in [0.15, 0.2) is 0 Å². The molecule has 182 valence electrons. The summed E-state index contributed by atoms with van der Waals surface area (Å²) in [5.74, 6) is 0. The van der Waals surface area contributed by atoms with Crippen LogP contribution in [0.4, 0.5) is 9.59 Å². The molecule has 2 rings (SSSR count). The predicted molar refractivity (Wildman–Crippen MR) is 120 cm³/mol. The molecule has 0 aromatic carbocycles. The molecule has 0 atom stereocenters. The van der Waals surface area contributed by atoms with E-state index in [2.05, 4.69) is 0 Å². The summed E-state index contributed by atoms with van der Waals surface area (Å²) in [6, 6.07) is 0. The van der Waals surface area contributed by atoms with Gasteiger partial charge >= 0.3 is 12.2 Å². The van der Waals surface area contributed by atoms with Crippen LogP contribution in [0.5, 0.6) is 0 Å². The Labute approximate surface area is 196 Å². The highest BCUT2D eigenvalue weighted by atomic mass is 16.6. The van der Waals surface area contributed by atoms with Gasteiger partial charge in [0, 0.05) is 41.5 Å². The van der Waals surface area contributed by atoms with Crippen LogP contribution in [0.25, 0.3) is 0 Å². The van der Waals surface area contributed by atoms with Crippen molar-refractivity contribution in [3.63, 3.8) is 0 Å². The molecular weight excluding hydrogens is 400 g/mol. The van der Waals surface area contributed by atoms with Crippen molar-refractivity contribution in [2.75, 3.05) is 33.3 Å². The number of hydrogen-bond donors (Lipinski definition) is 1. The highest BCUT2D eigenvalue weighted by Crippen LogP contribution is 2.26. The van der Waals surface area contributed by atoms with Crippen LogP contribution in [0, 0.1) is 0 Å². The molecule has 2 aliphatic rings. The smallest absolute Gasteiger partial charge is 0.410 e. The fourth-order valence-corrected chi connectivity index (χ4v) is 2.97. The Morgan fingerprint density at radius 3 is 1.48 bits per heavy atom. The number of ether oxygens (including phenoxy) is 3. The van der Waals surface area contributed by atoms with Crippen LogP contribution in [0.3, 0.4) is 0 Å². The van der Waals surface area contributed by atoms with Crippen LogP contribution in [-0.4, -0.2) is 82.8 Å². The molecular formula is C23H44N2O6. The molecule has 2 aliphatic heterocycles. The summed E-state index contributed by atoms with van der Waals surface area (Å²) in [6.45, 7) is 7.20. The molecule has 2 fully saturated rings. The molecule has 0 radical (unpaired) electrons. The van der Waals surface area contributed by atoms with Gasteiger partial charge in [0.1, 0.15) is 11.2 Å². The van der Waals surface area contributed by atoms with Gasteiger partial charge in [0.05, 0.1) is 11.2 Å². The molecule has 2 amide bonds. The fraction of sp³-hybridized carbons (Fsp3) is 0.913. The summed E-state index contributed by atoms with van der Waals surface area (Å²) in [7, 11) is 1.41. The average molecular weight is 451 g/mol. The van der Waals surface area contributed by atoms with Gasteiger partial charge in [-0.3, -0.25) is 0 Å². The maximum Gasteiger partial charge on any atom is 0.410 e. The van der Waals surface area contributed by atoms with Crippen molar-refractivity contribution in [2.45, 2.75) is 103 Å². The molecule has 2 saturated heterocycles. The van der Waals surface area contributed by atoms with Gasteiger partial charge in [0.25, 0.3) is 0 Å². The lowest BCUT2D eigenvalue weighted by Gasteiger charge is -2.38. The van der Waals surface area contributed by atoms with Gasteiger partial charge in [0.2, 0.25) is 0 Å². The molecule has 1 N–H and O–H groups in total. The summed E-state index contributed by atoms with van der Waals surface area (Å²) in [4.78, 5) is 26.6. The first-order chi connectivity index (χ1) is 16.5. The van der Waals surface area contributed by atoms with Gasteiger partial charge in [-0.15, -0.1) is 0 Å². The van der Waals surface area contributed by atoms with Crippen LogP contribution in [-0.2, 0) is 14.2 Å². The highest BCUT2D eigenvalue weighted by molar-refractivity contribution is 5.68. The van der Waals surface area contributed by atoms with Crippen molar-refractivity contribution in [3.05, 3.63) is 0 Å². The van der Waals surface area contributed by atoms with E-state index in [1.165, 1.54) is 16.9 Å². The van der Waals surface area contributed by atoms with Gasteiger partial charge in [-0.2, -0.15) is 0 Å². The summed E-state index contributed by atoms with van der Waals surface area (Å²) in [5.41, 5.74) is -3.96. The van der Waals surface area contributed by atoms with Crippen LogP contribution in [0.2, 0.25) is 0 Å². The van der Waals surface area contributed by atoms with Crippen molar-refractivity contribution < 1.29 is 37.1 Å². The Morgan fingerprint density at radius 2 is 1.19 bits per heavy atom. The number of likely N-dealkylation sites (tertiary alicyclic amines) is 2. The number of hydrogen-bond acceptors (Lipinski definition) is 6. The van der Waals surface area contributed by atoms with Gasteiger partial charge < -0.3 is 29.1 Å². The monoisotopic (exact) mass is 450 g/mol. The van der Waals surface area contributed by atoms with E-state index < -0.39 is 48.3 Å². The van der Waals surface area contributed by atoms with E-state index >= 15 is 0 Å². The maximum absolute atomic E-state index is 11.9. The van der Waals surface area contributed by atoms with Crippen molar-refractivity contribution in [1.82, 2.24) is 9.80 Å². The van der Waals surface area contributed by atoms with Crippen LogP contribution >= 0.6 is 0 Å². The Bertz CT molecular complexity index is 773. The average Bonchev–Trinajstić information content (AvgIpc) is 2.70. The van der Waals surface area contributed by atoms with E-state index in [1.807, 2.05) is 0 Å². The third-order valence-corrected chi connectivity index (χ3v) is 4.86. The first-order valence-electron chi connectivity index (χ1n) is 13.7. The number of rotatable bonds is 1. The Hall–Kier alpha value is -1.54. The lowest BCUT2D eigenvalue weighted by Crippen LogP contribution is -2.47. The zero-order valence-corrected chi connectivity index (χ0v) is 20.0. The third kappa shape index (κ3) is 10.5. The molecule has 31 heavy (non-hydrogen) atoms. The third-order valence-electron chi connectivity index (χ3n) is 4.86. The Morgan fingerprint density at radius 1 is 0.806 bits per heavy atom. The van der Waals surface area contributed by atoms with Crippen LogP contribution < -0.4 is 0 Å². The number of carbonyl (C=O) groups excluding carboxylic acids is 2. The number of piperidine rings is 2. The van der Waals surface area contributed by atoms with Crippen molar-refractivity contribution in [3.8, 4) is 0 Å². The van der Waals surface area contributed by atoms with Crippen molar-refractivity contribution >= 4 is 12.2 Å². The quantitative estimate of drug-likeness (QED) is 0.644. The zero-order valence-electron chi connectivity index (χ0n) is 26.0. The molecule has 0 aromatic heterocycles. The topological polar surface area (TPSA) is 88.5 Å². The minimum atomic E-state index is -2.41. The van der Waals surface area contributed by atoms with Crippen molar-refractivity contribution in [2.24, 2.45) is 0 Å². The fourth-order valence-electron chi connectivity index (χ4n) is 2.97. The first kappa shape index (κ1) is 19.0. The van der Waals surface area contributed by atoms with E-state index in [9.17, 15) is 14.7 Å². The minimum absolute atomic E-state index is 0.0444. The SMILES string of the molecule is [2H]C([2H])([2H])C1(O)CCN(C(=O)OC(C)(C)C)CC1.[2H]C([2H])([2H])C1(OC)CCN(C(=O)OC(C)(C)C)CC1. The summed E-state index contributed by atoms with van der Waals surface area (Å²) in [5, 5.41) is 10.00. The number of methoxy groups -OCH3 is 1. The van der Waals surface area contributed by atoms with E-state index in [4.69, 9.17) is 22.4 Å². The molecule has 0 aromatic rings. The number of amides is 2. The standard InChI is InChI=1S/C12H23NO3.C11H21NO3/c1-11(2,3)16-10(14)13-8-6-12(4,15-5)7-9-13;1-10(2,3)15-9(13)12-7-5-11(4,14)6-8-12/h6-9H2,1-5H3;14H,5-8H2,1-4H3/i2*4D3. The summed E-state index contributed by atoms with van der Waals surface area (Å²) in [6.07, 6.45) is -0.193. The molecule has 2 heterocycles. The maximum atomic E-state index is 11.9. The summed E-state index contributed by atoms with van der Waals surface area (Å²) >= 11 is 0. The van der Waals surface area contributed by atoms with E-state index in [1.54, 1.807) is 41.5 Å². The van der Waals surface area contributed by atoms with E-state index in [-0.39, 0.29) is 25.9 Å². The second-order valence-electron chi connectivity index (χ2n) is 10.2. The van der Waals surface area contributed by atoms with E-state index in [0.717, 1.165) is 0 Å². The lowest BCUT2D eigenvalue weighted by atomic mass is 9.94. The van der Waals surface area contributed by atoms with Crippen LogP contribution in [0.1, 0.15) is 89.2 Å². The molecule has 0 unspecified atom stereocenters. The minimum Gasteiger partial charge on any atom is -0.444 e. The lowest BCUT2D eigenvalue weighted by molar-refractivity contribution is -0.0479. The van der Waals surface area contributed by atoms with Gasteiger partial charge in [-0.25, -0.2) is 9.59 Å². The van der Waals surface area contributed by atoms with Crippen molar-refractivity contribution in [1.29, 1.82) is 0 Å². The Balaban J connectivity index is 0.000000371. The first-order valence-corrected chi connectivity index (χ1v) is 10.7. The highest BCUT2D eigenvalue weighted by Gasteiger charge is 2.33. The molecule has 8 nitrogen and oxygen atoms in total. The zero-order chi connectivity index (χ0) is 29.1. The molecule has 8 heteroatoms. The number of carbonyl (C=O) groups is 2. The van der Waals surface area contributed by atoms with E-state index in [0.29, 0.717) is 25.9 Å². The number of aliphatic hydroxyl groups is 1. The predicted octanol–water partition coefficient (Wildman–Crippen LogP) is 4.19. The second-order valence-corrected chi connectivity index (χ2v) is 10.2. The molecule has 0 bridgehead atoms. The largest absolute Gasteiger partial charge is 0.444 e. The molecule has 0 saturated carbocycles. The van der Waals surface area contributed by atoms with Gasteiger partial charge in [-0.1, -0.05) is 0 Å². The number of nitrogens with zero attached hydrogens (tertiary/aromatic N) is 2. The second kappa shape index (κ2) is 10.4. The summed E-state index contributed by atoms with van der Waals surface area (Å²) < 4.78 is 60.3. The van der Waals surface area contributed by atoms with Gasteiger partial charge in [-0.05, 0) is 80.9 Å². The Kier molecular flexibility index (Phi) is 6.36.